The second-order valence-electron chi connectivity index (χ2n) is 7.26. The van der Waals surface area contributed by atoms with Crippen LogP contribution in [0.25, 0.3) is 0 Å². The van der Waals surface area contributed by atoms with Crippen LogP contribution in [-0.2, 0) is 13.1 Å². The second kappa shape index (κ2) is 8.38. The van der Waals surface area contributed by atoms with E-state index in [0.717, 1.165) is 50.0 Å². The number of fused-ring (bicyclic) bond motifs is 1. The number of urea groups is 1. The Balaban J connectivity index is 1.33. The van der Waals surface area contributed by atoms with Gasteiger partial charge in [-0.05, 0) is 25.1 Å². The van der Waals surface area contributed by atoms with Gasteiger partial charge in [-0.25, -0.2) is 9.78 Å². The van der Waals surface area contributed by atoms with Crippen molar-refractivity contribution in [1.82, 2.24) is 20.1 Å². The van der Waals surface area contributed by atoms with Gasteiger partial charge in [-0.2, -0.15) is 0 Å². The highest BCUT2D eigenvalue weighted by atomic mass is 32.1. The summed E-state index contributed by atoms with van der Waals surface area (Å²) in [5, 5.41) is 6.59. The van der Waals surface area contributed by atoms with Gasteiger partial charge in [0.2, 0.25) is 0 Å². The number of amides is 3. The van der Waals surface area contributed by atoms with E-state index < -0.39 is 0 Å². The topological polar surface area (TPSA) is 80.8 Å². The smallest absolute Gasteiger partial charge is 0.322 e. The Morgan fingerprint density at radius 2 is 2.07 bits per heavy atom. The summed E-state index contributed by atoms with van der Waals surface area (Å²) in [6.07, 6.45) is 1.77. The van der Waals surface area contributed by atoms with Crippen LogP contribution in [0, 0.1) is 0 Å². The SMILES string of the molecule is CCN1Cc2cc(CN3CCN(c4ccc(C(=O)NC)nc4)CC3)sc2NC1=O. The number of carbonyl (C=O) groups is 2. The highest BCUT2D eigenvalue weighted by Crippen LogP contribution is 2.33. The van der Waals surface area contributed by atoms with Crippen molar-refractivity contribution in [3.63, 3.8) is 0 Å². The summed E-state index contributed by atoms with van der Waals surface area (Å²) in [4.78, 5) is 35.8. The van der Waals surface area contributed by atoms with Crippen LogP contribution in [0.4, 0.5) is 15.5 Å². The van der Waals surface area contributed by atoms with Gasteiger partial charge in [0, 0.05) is 56.8 Å². The summed E-state index contributed by atoms with van der Waals surface area (Å²) < 4.78 is 0. The molecule has 154 valence electrons. The molecule has 8 nitrogen and oxygen atoms in total. The van der Waals surface area contributed by atoms with E-state index >= 15 is 0 Å². The first-order valence-corrected chi connectivity index (χ1v) is 10.7. The van der Waals surface area contributed by atoms with Crippen LogP contribution in [0.2, 0.25) is 0 Å². The number of aromatic nitrogens is 1. The van der Waals surface area contributed by atoms with Gasteiger partial charge in [0.1, 0.15) is 10.7 Å². The molecule has 0 bridgehead atoms. The Hall–Kier alpha value is -2.65. The van der Waals surface area contributed by atoms with E-state index in [0.29, 0.717) is 12.2 Å². The fourth-order valence-corrected chi connectivity index (χ4v) is 4.82. The van der Waals surface area contributed by atoms with Crippen molar-refractivity contribution < 1.29 is 9.59 Å². The molecule has 0 aromatic carbocycles. The number of nitrogens with one attached hydrogen (secondary N) is 2. The van der Waals surface area contributed by atoms with Crippen molar-refractivity contribution in [1.29, 1.82) is 0 Å². The molecule has 0 aliphatic carbocycles. The maximum Gasteiger partial charge on any atom is 0.322 e. The summed E-state index contributed by atoms with van der Waals surface area (Å²) in [6, 6.07) is 5.96. The van der Waals surface area contributed by atoms with Crippen molar-refractivity contribution in [3.8, 4) is 0 Å². The zero-order chi connectivity index (χ0) is 20.4. The van der Waals surface area contributed by atoms with Gasteiger partial charge < -0.3 is 15.1 Å². The number of anilines is 2. The molecule has 0 atom stereocenters. The predicted octanol–water partition coefficient (Wildman–Crippen LogP) is 2.19. The lowest BCUT2D eigenvalue weighted by Gasteiger charge is -2.35. The summed E-state index contributed by atoms with van der Waals surface area (Å²) in [5.74, 6) is -0.168. The van der Waals surface area contributed by atoms with Gasteiger partial charge in [-0.1, -0.05) is 0 Å². The van der Waals surface area contributed by atoms with Gasteiger partial charge in [0.25, 0.3) is 5.91 Å². The van der Waals surface area contributed by atoms with Gasteiger partial charge in [-0.3, -0.25) is 15.0 Å². The first kappa shape index (κ1) is 19.7. The summed E-state index contributed by atoms with van der Waals surface area (Å²) >= 11 is 1.69. The van der Waals surface area contributed by atoms with E-state index in [2.05, 4.69) is 31.5 Å². The Labute approximate surface area is 174 Å². The second-order valence-corrected chi connectivity index (χ2v) is 8.39. The standard InChI is InChI=1S/C20H26N6O2S/c1-3-25-12-14-10-16(29-19(14)23-20(25)28)13-24-6-8-26(9-7-24)15-4-5-17(22-11-15)18(27)21-2/h4-5,10-11H,3,6-9,12-13H2,1-2H3,(H,21,27)(H,23,28). The number of pyridine rings is 1. The third kappa shape index (κ3) is 4.20. The molecule has 2 N–H and O–H groups in total. The zero-order valence-corrected chi connectivity index (χ0v) is 17.6. The molecule has 2 aromatic heterocycles. The normalized spacial score (nSPS) is 17.1. The lowest BCUT2D eigenvalue weighted by molar-refractivity contribution is 0.0958. The molecule has 4 heterocycles. The lowest BCUT2D eigenvalue weighted by atomic mass is 10.2. The molecular formula is C20H26N6O2S. The van der Waals surface area contributed by atoms with Gasteiger partial charge in [-0.15, -0.1) is 11.3 Å². The summed E-state index contributed by atoms with van der Waals surface area (Å²) in [7, 11) is 1.61. The molecule has 9 heteroatoms. The molecule has 2 aliphatic rings. The monoisotopic (exact) mass is 414 g/mol. The molecule has 4 rings (SSSR count). The maximum atomic E-state index is 12.0. The van der Waals surface area contributed by atoms with Crippen LogP contribution < -0.4 is 15.5 Å². The molecule has 0 spiro atoms. The Morgan fingerprint density at radius 1 is 1.28 bits per heavy atom. The first-order chi connectivity index (χ1) is 14.1. The van der Waals surface area contributed by atoms with E-state index in [-0.39, 0.29) is 11.9 Å². The van der Waals surface area contributed by atoms with Crippen LogP contribution in [0.3, 0.4) is 0 Å². The molecule has 1 saturated heterocycles. The molecular weight excluding hydrogens is 388 g/mol. The fourth-order valence-electron chi connectivity index (χ4n) is 3.72. The quantitative estimate of drug-likeness (QED) is 0.784. The minimum Gasteiger partial charge on any atom is -0.368 e. The molecule has 2 aromatic rings. The van der Waals surface area contributed by atoms with Crippen LogP contribution in [0.15, 0.2) is 24.4 Å². The number of carbonyl (C=O) groups excluding carboxylic acids is 2. The van der Waals surface area contributed by atoms with Crippen LogP contribution >= 0.6 is 11.3 Å². The minimum atomic E-state index is -0.168. The van der Waals surface area contributed by atoms with Crippen LogP contribution in [0.5, 0.6) is 0 Å². The molecule has 29 heavy (non-hydrogen) atoms. The average Bonchev–Trinajstić information content (AvgIpc) is 3.14. The van der Waals surface area contributed by atoms with Gasteiger partial charge in [0.05, 0.1) is 18.4 Å². The van der Waals surface area contributed by atoms with Crippen molar-refractivity contribution in [2.24, 2.45) is 0 Å². The number of rotatable bonds is 5. The Kier molecular flexibility index (Phi) is 5.68. The summed E-state index contributed by atoms with van der Waals surface area (Å²) in [6.45, 7) is 8.10. The van der Waals surface area contributed by atoms with E-state index in [1.165, 1.54) is 10.4 Å². The molecule has 0 saturated carbocycles. The van der Waals surface area contributed by atoms with Gasteiger partial charge >= 0.3 is 6.03 Å². The number of nitrogens with zero attached hydrogens (tertiary/aromatic N) is 4. The first-order valence-electron chi connectivity index (χ1n) is 9.90. The van der Waals surface area contributed by atoms with Crippen molar-refractivity contribution >= 4 is 34.0 Å². The molecule has 0 radical (unpaired) electrons. The van der Waals surface area contributed by atoms with Crippen LogP contribution in [-0.4, -0.2) is 66.5 Å². The fraction of sp³-hybridized carbons (Fsp3) is 0.450. The average molecular weight is 415 g/mol. The number of piperazine rings is 1. The highest BCUT2D eigenvalue weighted by Gasteiger charge is 2.25. The molecule has 0 unspecified atom stereocenters. The maximum absolute atomic E-state index is 12.0. The van der Waals surface area contributed by atoms with Crippen LogP contribution in [0.1, 0.15) is 27.9 Å². The van der Waals surface area contributed by atoms with E-state index in [4.69, 9.17) is 0 Å². The molecule has 1 fully saturated rings. The minimum absolute atomic E-state index is 0.00180. The van der Waals surface area contributed by atoms with E-state index in [1.54, 1.807) is 30.6 Å². The summed E-state index contributed by atoms with van der Waals surface area (Å²) in [5.41, 5.74) is 2.70. The largest absolute Gasteiger partial charge is 0.368 e. The molecule has 2 aliphatic heterocycles. The third-order valence-electron chi connectivity index (χ3n) is 5.44. The zero-order valence-electron chi connectivity index (χ0n) is 16.8. The Bertz CT molecular complexity index is 889. The Morgan fingerprint density at radius 3 is 2.72 bits per heavy atom. The number of thiophene rings is 1. The van der Waals surface area contributed by atoms with Crippen molar-refractivity contribution in [2.45, 2.75) is 20.0 Å². The van der Waals surface area contributed by atoms with Crippen molar-refractivity contribution in [2.75, 3.05) is 50.0 Å². The van der Waals surface area contributed by atoms with E-state index in [1.807, 2.05) is 17.9 Å². The lowest BCUT2D eigenvalue weighted by Crippen LogP contribution is -2.45. The molecule has 3 amide bonds. The van der Waals surface area contributed by atoms with Crippen molar-refractivity contribution in [3.05, 3.63) is 40.5 Å². The number of hydrogen-bond acceptors (Lipinski definition) is 6. The third-order valence-corrected chi connectivity index (χ3v) is 6.51. The highest BCUT2D eigenvalue weighted by molar-refractivity contribution is 7.16. The number of hydrogen-bond donors (Lipinski definition) is 2. The van der Waals surface area contributed by atoms with E-state index in [9.17, 15) is 9.59 Å². The predicted molar refractivity (Wildman–Crippen MR) is 115 cm³/mol. The van der Waals surface area contributed by atoms with Gasteiger partial charge in [0.15, 0.2) is 0 Å².